The molecule has 0 heterocycles. The highest BCUT2D eigenvalue weighted by Gasteiger charge is 2.31. The summed E-state index contributed by atoms with van der Waals surface area (Å²) in [6.07, 6.45) is 1.08. The number of hydrogen-bond donors (Lipinski definition) is 1. The number of benzene rings is 2. The number of carbonyl (C=O) groups is 1. The lowest BCUT2D eigenvalue weighted by molar-refractivity contribution is -0.0328. The summed E-state index contributed by atoms with van der Waals surface area (Å²) in [5.74, 6) is -0.639. The fourth-order valence-corrected chi connectivity index (χ4v) is 3.30. The van der Waals surface area contributed by atoms with Gasteiger partial charge in [0.05, 0.1) is 10.5 Å². The van der Waals surface area contributed by atoms with Gasteiger partial charge >= 0.3 is 5.51 Å². The van der Waals surface area contributed by atoms with Crippen LogP contribution in [0.5, 0.6) is 0 Å². The van der Waals surface area contributed by atoms with E-state index in [0.29, 0.717) is 5.56 Å². The van der Waals surface area contributed by atoms with Crippen LogP contribution in [0.1, 0.15) is 15.9 Å². The van der Waals surface area contributed by atoms with Crippen LogP contribution in [-0.2, 0) is 16.4 Å². The van der Waals surface area contributed by atoms with Gasteiger partial charge in [0.2, 0.25) is 0 Å². The van der Waals surface area contributed by atoms with E-state index in [-0.39, 0.29) is 33.7 Å². The third kappa shape index (κ3) is 5.79. The topological polar surface area (TPSA) is 63.2 Å². The summed E-state index contributed by atoms with van der Waals surface area (Å²) >= 11 is -0.345. The van der Waals surface area contributed by atoms with Gasteiger partial charge in [-0.1, -0.05) is 24.3 Å². The third-order valence-corrected chi connectivity index (χ3v) is 5.10. The van der Waals surface area contributed by atoms with Crippen LogP contribution in [0.3, 0.4) is 0 Å². The average molecular weight is 389 g/mol. The minimum absolute atomic E-state index is 0.0634. The third-order valence-electron chi connectivity index (χ3n) is 3.16. The Hall–Kier alpha value is -2.00. The highest BCUT2D eigenvalue weighted by Crippen LogP contribution is 2.38. The van der Waals surface area contributed by atoms with E-state index in [2.05, 4.69) is 5.32 Å². The number of amides is 1. The molecule has 0 aliphatic rings. The minimum atomic E-state index is -4.49. The molecule has 2 rings (SSSR count). The molecule has 0 unspecified atom stereocenters. The molecule has 0 saturated carbocycles. The number of carbonyl (C=O) groups excluding carboxylic acids is 1. The molecule has 0 radical (unpaired) electrons. The number of halogens is 3. The molecule has 0 aliphatic carbocycles. The monoisotopic (exact) mass is 389 g/mol. The highest BCUT2D eigenvalue weighted by molar-refractivity contribution is 8.00. The van der Waals surface area contributed by atoms with Crippen molar-refractivity contribution in [1.29, 1.82) is 0 Å². The smallest absolute Gasteiger partial charge is 0.348 e. The maximum atomic E-state index is 12.6. The van der Waals surface area contributed by atoms with Crippen LogP contribution in [0.4, 0.5) is 13.2 Å². The standard InChI is InChI=1S/C16H14F3NO3S2/c1-25(22,23)12-8-6-11(7-9-12)10-20-15(21)13-4-2-3-5-14(13)24-16(17,18)19/h2-9H,10H2,1H3,(H,20,21). The van der Waals surface area contributed by atoms with Gasteiger partial charge in [0.25, 0.3) is 5.91 Å². The van der Waals surface area contributed by atoms with Crippen molar-refractivity contribution in [3.8, 4) is 0 Å². The van der Waals surface area contributed by atoms with Crippen LogP contribution in [0, 0.1) is 0 Å². The molecule has 1 N–H and O–H groups in total. The quantitative estimate of drug-likeness (QED) is 0.794. The lowest BCUT2D eigenvalue weighted by atomic mass is 10.2. The molecular weight excluding hydrogens is 375 g/mol. The van der Waals surface area contributed by atoms with Crippen LogP contribution in [0.25, 0.3) is 0 Å². The zero-order valence-electron chi connectivity index (χ0n) is 13.0. The van der Waals surface area contributed by atoms with Crippen molar-refractivity contribution in [1.82, 2.24) is 5.32 Å². The van der Waals surface area contributed by atoms with E-state index < -0.39 is 21.3 Å². The first kappa shape index (κ1) is 19.3. The van der Waals surface area contributed by atoms with Gasteiger partial charge in [0.1, 0.15) is 0 Å². The molecule has 0 fully saturated rings. The summed E-state index contributed by atoms with van der Waals surface area (Å²) in [6.45, 7) is 0.0634. The zero-order chi connectivity index (χ0) is 18.7. The molecule has 0 saturated heterocycles. The number of hydrogen-bond acceptors (Lipinski definition) is 4. The number of sulfone groups is 1. The van der Waals surface area contributed by atoms with Gasteiger partial charge in [-0.15, -0.1) is 0 Å². The molecule has 9 heteroatoms. The summed E-state index contributed by atoms with van der Waals surface area (Å²) in [6, 6.07) is 11.3. The predicted molar refractivity (Wildman–Crippen MR) is 89.1 cm³/mol. The lowest BCUT2D eigenvalue weighted by Gasteiger charge is -2.11. The molecule has 1 amide bonds. The normalized spacial score (nSPS) is 12.0. The van der Waals surface area contributed by atoms with Gasteiger partial charge in [-0.2, -0.15) is 13.2 Å². The Kier molecular flexibility index (Phi) is 5.79. The van der Waals surface area contributed by atoms with Gasteiger partial charge in [0, 0.05) is 17.7 Å². The molecule has 2 aromatic carbocycles. The van der Waals surface area contributed by atoms with Crippen molar-refractivity contribution in [2.75, 3.05) is 6.26 Å². The summed E-state index contributed by atoms with van der Waals surface area (Å²) < 4.78 is 60.4. The number of alkyl halides is 3. The minimum Gasteiger partial charge on any atom is -0.348 e. The van der Waals surface area contributed by atoms with Crippen molar-refractivity contribution in [3.05, 3.63) is 59.7 Å². The average Bonchev–Trinajstić information content (AvgIpc) is 2.51. The summed E-state index contributed by atoms with van der Waals surface area (Å²) in [5.41, 5.74) is -3.93. The molecule has 0 atom stereocenters. The Labute approximate surface area is 147 Å². The van der Waals surface area contributed by atoms with Gasteiger partial charge in [-0.25, -0.2) is 8.42 Å². The zero-order valence-corrected chi connectivity index (χ0v) is 14.6. The molecule has 0 aliphatic heterocycles. The molecule has 0 aromatic heterocycles. The fraction of sp³-hybridized carbons (Fsp3) is 0.188. The predicted octanol–water partition coefficient (Wildman–Crippen LogP) is 3.63. The van der Waals surface area contributed by atoms with Crippen LogP contribution in [0.2, 0.25) is 0 Å². The van der Waals surface area contributed by atoms with E-state index in [9.17, 15) is 26.4 Å². The molecule has 0 spiro atoms. The van der Waals surface area contributed by atoms with E-state index >= 15 is 0 Å². The fourth-order valence-electron chi connectivity index (χ4n) is 2.00. The maximum absolute atomic E-state index is 12.6. The van der Waals surface area contributed by atoms with Crippen molar-refractivity contribution in [2.24, 2.45) is 0 Å². The molecule has 4 nitrogen and oxygen atoms in total. The number of nitrogens with one attached hydrogen (secondary N) is 1. The van der Waals surface area contributed by atoms with Gasteiger partial charge in [0.15, 0.2) is 9.84 Å². The molecule has 2 aromatic rings. The highest BCUT2D eigenvalue weighted by atomic mass is 32.2. The Bertz CT molecular complexity index is 863. The van der Waals surface area contributed by atoms with E-state index in [4.69, 9.17) is 0 Å². The van der Waals surface area contributed by atoms with Crippen molar-refractivity contribution < 1.29 is 26.4 Å². The summed E-state index contributed by atoms with van der Waals surface area (Å²) in [5, 5.41) is 2.53. The van der Waals surface area contributed by atoms with Gasteiger partial charge in [-0.3, -0.25) is 4.79 Å². The van der Waals surface area contributed by atoms with Gasteiger partial charge in [-0.05, 0) is 41.6 Å². The number of rotatable bonds is 5. The van der Waals surface area contributed by atoms with Crippen molar-refractivity contribution >= 4 is 27.5 Å². The van der Waals surface area contributed by atoms with E-state index in [1.54, 1.807) is 0 Å². The SMILES string of the molecule is CS(=O)(=O)c1ccc(CNC(=O)c2ccccc2SC(F)(F)F)cc1. The second-order valence-electron chi connectivity index (χ2n) is 5.14. The van der Waals surface area contributed by atoms with Crippen LogP contribution < -0.4 is 5.32 Å². The number of thioether (sulfide) groups is 1. The second-order valence-corrected chi connectivity index (χ2v) is 8.27. The molecule has 134 valence electrons. The molecule has 0 bridgehead atoms. The van der Waals surface area contributed by atoms with E-state index in [1.165, 1.54) is 48.5 Å². The second kappa shape index (κ2) is 7.49. The summed E-state index contributed by atoms with van der Waals surface area (Å²) in [4.78, 5) is 12.1. The van der Waals surface area contributed by atoms with Crippen molar-refractivity contribution in [2.45, 2.75) is 21.8 Å². The Morgan fingerprint density at radius 2 is 1.68 bits per heavy atom. The first-order valence-electron chi connectivity index (χ1n) is 6.98. The lowest BCUT2D eigenvalue weighted by Crippen LogP contribution is -2.23. The molecular formula is C16H14F3NO3S2. The largest absolute Gasteiger partial charge is 0.446 e. The van der Waals surface area contributed by atoms with E-state index in [0.717, 1.165) is 6.26 Å². The first-order valence-corrected chi connectivity index (χ1v) is 9.69. The van der Waals surface area contributed by atoms with E-state index in [1.807, 2.05) is 0 Å². The Morgan fingerprint density at radius 1 is 1.08 bits per heavy atom. The van der Waals surface area contributed by atoms with Crippen molar-refractivity contribution in [3.63, 3.8) is 0 Å². The Morgan fingerprint density at radius 3 is 2.24 bits per heavy atom. The molecule has 25 heavy (non-hydrogen) atoms. The first-order chi connectivity index (χ1) is 11.6. The van der Waals surface area contributed by atoms with Crippen LogP contribution in [-0.4, -0.2) is 26.1 Å². The summed E-state index contributed by atoms with van der Waals surface area (Å²) in [7, 11) is -3.31. The maximum Gasteiger partial charge on any atom is 0.446 e. The van der Waals surface area contributed by atoms with Crippen LogP contribution in [0.15, 0.2) is 58.3 Å². The van der Waals surface area contributed by atoms with Crippen LogP contribution >= 0.6 is 11.8 Å². The Balaban J connectivity index is 2.08. The van der Waals surface area contributed by atoms with Gasteiger partial charge < -0.3 is 5.32 Å².